The lowest BCUT2D eigenvalue weighted by Gasteiger charge is -2.10. The summed E-state index contributed by atoms with van der Waals surface area (Å²) in [7, 11) is 1.65. The molecule has 4 heteroatoms. The van der Waals surface area contributed by atoms with Crippen LogP contribution in [0, 0.1) is 0 Å². The molecule has 1 heterocycles. The van der Waals surface area contributed by atoms with Crippen LogP contribution in [0.15, 0.2) is 48.7 Å². The van der Waals surface area contributed by atoms with Crippen molar-refractivity contribution in [1.29, 1.82) is 0 Å². The summed E-state index contributed by atoms with van der Waals surface area (Å²) in [5, 5.41) is 1.15. The Balaban J connectivity index is 1.89. The van der Waals surface area contributed by atoms with Gasteiger partial charge in [-0.05, 0) is 44.2 Å². The van der Waals surface area contributed by atoms with Gasteiger partial charge in [-0.3, -0.25) is 0 Å². The Morgan fingerprint density at radius 1 is 1.04 bits per heavy atom. The number of nitrogens with zero attached hydrogens (tertiary/aromatic N) is 1. The monoisotopic (exact) mass is 310 g/mol. The van der Waals surface area contributed by atoms with Gasteiger partial charge in [0.2, 0.25) is 0 Å². The molecular formula is C19H22N2O2. The molecule has 0 radical (unpaired) electrons. The second kappa shape index (κ2) is 6.24. The number of ether oxygens (including phenoxy) is 2. The van der Waals surface area contributed by atoms with Crippen LogP contribution in [0.25, 0.3) is 10.9 Å². The van der Waals surface area contributed by atoms with Crippen molar-refractivity contribution in [3.8, 4) is 11.5 Å². The SMILES string of the molecule is COc1ccc(OCc2cn(C(C)C)c3c(N)cccc23)cc1. The Kier molecular flexibility index (Phi) is 4.15. The maximum atomic E-state index is 6.17. The second-order valence-electron chi connectivity index (χ2n) is 5.86. The van der Waals surface area contributed by atoms with E-state index < -0.39 is 0 Å². The average Bonchev–Trinajstić information content (AvgIpc) is 2.94. The van der Waals surface area contributed by atoms with Crippen LogP contribution in [-0.2, 0) is 6.61 Å². The molecule has 3 aromatic rings. The average molecular weight is 310 g/mol. The minimum atomic E-state index is 0.344. The molecule has 0 bridgehead atoms. The van der Waals surface area contributed by atoms with E-state index in [4.69, 9.17) is 15.2 Å². The summed E-state index contributed by atoms with van der Waals surface area (Å²) in [5.74, 6) is 1.64. The molecule has 0 atom stereocenters. The fraction of sp³-hybridized carbons (Fsp3) is 0.263. The number of anilines is 1. The van der Waals surface area contributed by atoms with Crippen molar-refractivity contribution in [2.45, 2.75) is 26.5 Å². The Bertz CT molecular complexity index is 804. The number of hydrogen-bond acceptors (Lipinski definition) is 3. The molecule has 0 aliphatic heterocycles. The lowest BCUT2D eigenvalue weighted by Crippen LogP contribution is -2.00. The maximum Gasteiger partial charge on any atom is 0.120 e. The van der Waals surface area contributed by atoms with Gasteiger partial charge in [0.15, 0.2) is 0 Å². The summed E-state index contributed by atoms with van der Waals surface area (Å²) in [4.78, 5) is 0. The highest BCUT2D eigenvalue weighted by atomic mass is 16.5. The highest BCUT2D eigenvalue weighted by Crippen LogP contribution is 2.30. The summed E-state index contributed by atoms with van der Waals surface area (Å²) in [6.45, 7) is 4.81. The first kappa shape index (κ1) is 15.3. The summed E-state index contributed by atoms with van der Waals surface area (Å²) in [6.07, 6.45) is 2.13. The van der Waals surface area contributed by atoms with E-state index in [1.165, 1.54) is 0 Å². The zero-order valence-corrected chi connectivity index (χ0v) is 13.7. The number of aromatic nitrogens is 1. The van der Waals surface area contributed by atoms with Crippen LogP contribution in [0.1, 0.15) is 25.5 Å². The van der Waals surface area contributed by atoms with Gasteiger partial charge in [-0.1, -0.05) is 12.1 Å². The quantitative estimate of drug-likeness (QED) is 0.711. The van der Waals surface area contributed by atoms with E-state index in [1.807, 2.05) is 36.4 Å². The predicted octanol–water partition coefficient (Wildman–Crippen LogP) is 4.39. The highest BCUT2D eigenvalue weighted by Gasteiger charge is 2.13. The third kappa shape index (κ3) is 2.97. The molecule has 120 valence electrons. The normalized spacial score (nSPS) is 11.1. The van der Waals surface area contributed by atoms with Crippen LogP contribution in [0.3, 0.4) is 0 Å². The van der Waals surface area contributed by atoms with Crippen molar-refractivity contribution in [2.75, 3.05) is 12.8 Å². The Hall–Kier alpha value is -2.62. The molecule has 2 N–H and O–H groups in total. The molecule has 0 spiro atoms. The number of nitrogens with two attached hydrogens (primary N) is 1. The number of benzene rings is 2. The van der Waals surface area contributed by atoms with Gasteiger partial charge in [-0.25, -0.2) is 0 Å². The first-order chi connectivity index (χ1) is 11.1. The molecule has 2 aromatic carbocycles. The Morgan fingerprint density at radius 2 is 1.74 bits per heavy atom. The molecule has 0 saturated heterocycles. The molecule has 23 heavy (non-hydrogen) atoms. The van der Waals surface area contributed by atoms with Gasteiger partial charge >= 0.3 is 0 Å². The maximum absolute atomic E-state index is 6.17. The predicted molar refractivity (Wildman–Crippen MR) is 94.1 cm³/mol. The van der Waals surface area contributed by atoms with Gasteiger partial charge in [0.1, 0.15) is 18.1 Å². The van der Waals surface area contributed by atoms with Crippen molar-refractivity contribution in [1.82, 2.24) is 4.57 Å². The van der Waals surface area contributed by atoms with E-state index >= 15 is 0 Å². The van der Waals surface area contributed by atoms with E-state index in [1.54, 1.807) is 7.11 Å². The minimum absolute atomic E-state index is 0.344. The van der Waals surface area contributed by atoms with Crippen molar-refractivity contribution < 1.29 is 9.47 Å². The molecule has 0 aliphatic carbocycles. The van der Waals surface area contributed by atoms with Crippen LogP contribution >= 0.6 is 0 Å². The fourth-order valence-electron chi connectivity index (χ4n) is 2.77. The lowest BCUT2D eigenvalue weighted by molar-refractivity contribution is 0.306. The van der Waals surface area contributed by atoms with E-state index in [2.05, 4.69) is 30.7 Å². The zero-order chi connectivity index (χ0) is 16.4. The standard InChI is InChI=1S/C19H22N2O2/c1-13(2)21-11-14(17-5-4-6-18(20)19(17)21)12-23-16-9-7-15(22-3)8-10-16/h4-11,13H,12,20H2,1-3H3. The van der Waals surface area contributed by atoms with Crippen molar-refractivity contribution in [2.24, 2.45) is 0 Å². The molecule has 0 saturated carbocycles. The minimum Gasteiger partial charge on any atom is -0.497 e. The molecule has 0 amide bonds. The number of methoxy groups -OCH3 is 1. The molecular weight excluding hydrogens is 288 g/mol. The lowest BCUT2D eigenvalue weighted by atomic mass is 10.1. The third-order valence-electron chi connectivity index (χ3n) is 3.98. The molecule has 1 aromatic heterocycles. The van der Waals surface area contributed by atoms with Crippen LogP contribution in [0.5, 0.6) is 11.5 Å². The van der Waals surface area contributed by atoms with Gasteiger partial charge in [-0.2, -0.15) is 0 Å². The highest BCUT2D eigenvalue weighted by molar-refractivity contribution is 5.93. The Labute approximate surface area is 136 Å². The van der Waals surface area contributed by atoms with Gasteiger partial charge in [0, 0.05) is 23.2 Å². The second-order valence-corrected chi connectivity index (χ2v) is 5.86. The first-order valence-corrected chi connectivity index (χ1v) is 7.75. The van der Waals surface area contributed by atoms with Crippen LogP contribution in [0.2, 0.25) is 0 Å². The number of rotatable bonds is 5. The number of hydrogen-bond donors (Lipinski definition) is 1. The van der Waals surface area contributed by atoms with Gasteiger partial charge in [0.25, 0.3) is 0 Å². The summed E-state index contributed by atoms with van der Waals surface area (Å²) in [6, 6.07) is 14.0. The van der Waals surface area contributed by atoms with E-state index in [9.17, 15) is 0 Å². The number of para-hydroxylation sites is 1. The van der Waals surface area contributed by atoms with E-state index in [-0.39, 0.29) is 0 Å². The summed E-state index contributed by atoms with van der Waals surface area (Å²) < 4.78 is 13.3. The third-order valence-corrected chi connectivity index (χ3v) is 3.98. The van der Waals surface area contributed by atoms with Crippen molar-refractivity contribution in [3.63, 3.8) is 0 Å². The molecule has 0 fully saturated rings. The molecule has 0 aliphatic rings. The van der Waals surface area contributed by atoms with Crippen molar-refractivity contribution in [3.05, 3.63) is 54.2 Å². The topological polar surface area (TPSA) is 49.4 Å². The number of fused-ring (bicyclic) bond motifs is 1. The van der Waals surface area contributed by atoms with Crippen LogP contribution < -0.4 is 15.2 Å². The largest absolute Gasteiger partial charge is 0.497 e. The van der Waals surface area contributed by atoms with Gasteiger partial charge in [-0.15, -0.1) is 0 Å². The van der Waals surface area contributed by atoms with Gasteiger partial charge < -0.3 is 19.8 Å². The molecule has 3 rings (SSSR count). The number of nitrogen functional groups attached to an aromatic ring is 1. The van der Waals surface area contributed by atoms with Crippen LogP contribution in [0.4, 0.5) is 5.69 Å². The zero-order valence-electron chi connectivity index (χ0n) is 13.7. The first-order valence-electron chi connectivity index (χ1n) is 7.75. The fourth-order valence-corrected chi connectivity index (χ4v) is 2.77. The summed E-state index contributed by atoms with van der Waals surface area (Å²) in [5.41, 5.74) is 9.19. The van der Waals surface area contributed by atoms with Crippen LogP contribution in [-0.4, -0.2) is 11.7 Å². The molecule has 4 nitrogen and oxygen atoms in total. The van der Waals surface area contributed by atoms with E-state index in [0.29, 0.717) is 12.6 Å². The molecule has 0 unspecified atom stereocenters. The summed E-state index contributed by atoms with van der Waals surface area (Å²) >= 11 is 0. The van der Waals surface area contributed by atoms with E-state index in [0.717, 1.165) is 33.7 Å². The van der Waals surface area contributed by atoms with Crippen molar-refractivity contribution >= 4 is 16.6 Å². The van der Waals surface area contributed by atoms with Gasteiger partial charge in [0.05, 0.1) is 18.3 Å². The smallest absolute Gasteiger partial charge is 0.120 e. The Morgan fingerprint density at radius 3 is 2.39 bits per heavy atom.